The summed E-state index contributed by atoms with van der Waals surface area (Å²) in [4.78, 5) is 10.0. The molecule has 0 N–H and O–H groups in total. The molecule has 0 radical (unpaired) electrons. The van der Waals surface area contributed by atoms with Gasteiger partial charge in [-0.15, -0.1) is 0 Å². The van der Waals surface area contributed by atoms with E-state index in [9.17, 15) is 4.79 Å². The Labute approximate surface area is 78.5 Å². The zero-order valence-corrected chi connectivity index (χ0v) is 7.99. The highest BCUT2D eigenvalue weighted by molar-refractivity contribution is 5.51. The number of ether oxygens (including phenoxy) is 1. The lowest BCUT2D eigenvalue weighted by atomic mass is 10.0. The van der Waals surface area contributed by atoms with Gasteiger partial charge in [-0.1, -0.05) is 26.0 Å². The first kappa shape index (κ1) is 9.78. The van der Waals surface area contributed by atoms with E-state index in [1.54, 1.807) is 0 Å². The highest BCUT2D eigenvalue weighted by Gasteiger charge is 1.98. The Morgan fingerprint density at radius 1 is 1.31 bits per heavy atom. The van der Waals surface area contributed by atoms with Crippen LogP contribution in [0.5, 0.6) is 5.75 Å². The first-order valence-electron chi connectivity index (χ1n) is 4.40. The molecule has 0 aromatic heterocycles. The smallest absolute Gasteiger partial charge is 0.157 e. The van der Waals surface area contributed by atoms with Gasteiger partial charge < -0.3 is 4.74 Å². The molecule has 0 aliphatic heterocycles. The van der Waals surface area contributed by atoms with Crippen LogP contribution in [-0.2, 0) is 4.79 Å². The molecule has 0 bridgehead atoms. The largest absolute Gasteiger partial charge is 0.486 e. The van der Waals surface area contributed by atoms with Crippen LogP contribution in [0.15, 0.2) is 24.3 Å². The van der Waals surface area contributed by atoms with Crippen molar-refractivity contribution >= 4 is 6.29 Å². The summed E-state index contributed by atoms with van der Waals surface area (Å²) < 4.78 is 5.12. The second-order valence-electron chi connectivity index (χ2n) is 3.20. The molecule has 2 nitrogen and oxygen atoms in total. The molecule has 0 amide bonds. The van der Waals surface area contributed by atoms with E-state index in [-0.39, 0.29) is 6.61 Å². The van der Waals surface area contributed by atoms with Gasteiger partial charge in [-0.2, -0.15) is 0 Å². The molecule has 2 heteroatoms. The highest BCUT2D eigenvalue weighted by atomic mass is 16.5. The summed E-state index contributed by atoms with van der Waals surface area (Å²) in [6.45, 7) is 4.41. The van der Waals surface area contributed by atoms with Gasteiger partial charge in [-0.3, -0.25) is 4.79 Å². The third kappa shape index (κ3) is 2.90. The van der Waals surface area contributed by atoms with Crippen molar-refractivity contribution in [1.29, 1.82) is 0 Å². The predicted octanol–water partition coefficient (Wildman–Crippen LogP) is 2.39. The average Bonchev–Trinajstić information content (AvgIpc) is 2.15. The van der Waals surface area contributed by atoms with E-state index in [0.717, 1.165) is 12.0 Å². The second kappa shape index (κ2) is 4.65. The quantitative estimate of drug-likeness (QED) is 0.662. The molecule has 0 atom stereocenters. The molecule has 0 saturated carbocycles. The Morgan fingerprint density at radius 2 is 1.92 bits per heavy atom. The molecule has 0 aliphatic carbocycles. The lowest BCUT2D eigenvalue weighted by Gasteiger charge is -2.06. The van der Waals surface area contributed by atoms with Crippen molar-refractivity contribution in [3.63, 3.8) is 0 Å². The van der Waals surface area contributed by atoms with Crippen LogP contribution in [0.2, 0.25) is 0 Å². The summed E-state index contributed by atoms with van der Waals surface area (Å²) in [5.74, 6) is 1.27. The molecule has 1 aromatic carbocycles. The number of benzene rings is 1. The van der Waals surface area contributed by atoms with Gasteiger partial charge in [0, 0.05) is 0 Å². The summed E-state index contributed by atoms with van der Waals surface area (Å²) in [5.41, 5.74) is 1.28. The fourth-order valence-corrected chi connectivity index (χ4v) is 1.08. The van der Waals surface area contributed by atoms with Crippen molar-refractivity contribution in [1.82, 2.24) is 0 Å². The Hall–Kier alpha value is -1.31. The monoisotopic (exact) mass is 178 g/mol. The Bertz CT molecular complexity index is 262. The Morgan fingerprint density at radius 3 is 2.38 bits per heavy atom. The molecular weight excluding hydrogens is 164 g/mol. The first-order valence-corrected chi connectivity index (χ1v) is 4.40. The number of rotatable bonds is 4. The van der Waals surface area contributed by atoms with E-state index in [0.29, 0.717) is 5.92 Å². The zero-order chi connectivity index (χ0) is 9.68. The van der Waals surface area contributed by atoms with Gasteiger partial charge in [-0.25, -0.2) is 0 Å². The van der Waals surface area contributed by atoms with E-state index in [1.165, 1.54) is 5.56 Å². The minimum atomic E-state index is 0.126. The molecule has 0 fully saturated rings. The highest BCUT2D eigenvalue weighted by Crippen LogP contribution is 2.18. The van der Waals surface area contributed by atoms with Crippen LogP contribution in [0.4, 0.5) is 0 Å². The Balaban J connectivity index is 2.64. The second-order valence-corrected chi connectivity index (χ2v) is 3.20. The average molecular weight is 178 g/mol. The van der Waals surface area contributed by atoms with Gasteiger partial charge in [0.05, 0.1) is 0 Å². The number of carbonyl (C=O) groups excluding carboxylic acids is 1. The molecule has 13 heavy (non-hydrogen) atoms. The van der Waals surface area contributed by atoms with Gasteiger partial charge in [0.2, 0.25) is 0 Å². The van der Waals surface area contributed by atoms with E-state index < -0.39 is 0 Å². The van der Waals surface area contributed by atoms with Crippen LogP contribution >= 0.6 is 0 Å². The van der Waals surface area contributed by atoms with Gasteiger partial charge in [0.1, 0.15) is 12.4 Å². The molecule has 0 unspecified atom stereocenters. The lowest BCUT2D eigenvalue weighted by Crippen LogP contribution is -1.97. The van der Waals surface area contributed by atoms with Crippen LogP contribution < -0.4 is 4.74 Å². The summed E-state index contributed by atoms with van der Waals surface area (Å²) in [7, 11) is 0. The van der Waals surface area contributed by atoms with Crippen molar-refractivity contribution in [2.75, 3.05) is 6.61 Å². The topological polar surface area (TPSA) is 26.3 Å². The molecule has 1 rings (SSSR count). The minimum absolute atomic E-state index is 0.126. The zero-order valence-electron chi connectivity index (χ0n) is 7.99. The summed E-state index contributed by atoms with van der Waals surface area (Å²) >= 11 is 0. The third-order valence-corrected chi connectivity index (χ3v) is 1.86. The maximum Gasteiger partial charge on any atom is 0.157 e. The van der Waals surface area contributed by atoms with Crippen molar-refractivity contribution in [2.45, 2.75) is 19.8 Å². The van der Waals surface area contributed by atoms with Crippen LogP contribution in [0.1, 0.15) is 25.3 Å². The van der Waals surface area contributed by atoms with Gasteiger partial charge in [0.15, 0.2) is 6.29 Å². The number of carbonyl (C=O) groups is 1. The maximum atomic E-state index is 10.0. The minimum Gasteiger partial charge on any atom is -0.486 e. The van der Waals surface area contributed by atoms with E-state index in [1.807, 2.05) is 24.3 Å². The maximum absolute atomic E-state index is 10.0. The molecule has 70 valence electrons. The number of hydrogen-bond donors (Lipinski definition) is 0. The first-order chi connectivity index (χ1) is 6.24. The standard InChI is InChI=1S/C11H14O2/c1-9(2)10-3-5-11(6-4-10)13-8-7-12/h3-7,9H,8H2,1-2H3. The van der Waals surface area contributed by atoms with Crippen LogP contribution in [0, 0.1) is 0 Å². The molecule has 0 heterocycles. The third-order valence-electron chi connectivity index (χ3n) is 1.86. The van der Waals surface area contributed by atoms with Gasteiger partial charge in [0.25, 0.3) is 0 Å². The van der Waals surface area contributed by atoms with Crippen molar-refractivity contribution in [3.05, 3.63) is 29.8 Å². The predicted molar refractivity (Wildman–Crippen MR) is 52.1 cm³/mol. The molecule has 0 saturated heterocycles. The molecule has 1 aromatic rings. The van der Waals surface area contributed by atoms with E-state index in [4.69, 9.17) is 4.74 Å². The molecule has 0 aliphatic rings. The SMILES string of the molecule is CC(C)c1ccc(OCC=O)cc1. The van der Waals surface area contributed by atoms with Crippen molar-refractivity contribution in [3.8, 4) is 5.75 Å². The van der Waals surface area contributed by atoms with Gasteiger partial charge >= 0.3 is 0 Å². The summed E-state index contributed by atoms with van der Waals surface area (Å²) in [6.07, 6.45) is 0.746. The normalized spacial score (nSPS) is 10.1. The molecule has 0 spiro atoms. The van der Waals surface area contributed by atoms with Crippen LogP contribution in [0.25, 0.3) is 0 Å². The fraction of sp³-hybridized carbons (Fsp3) is 0.364. The summed E-state index contributed by atoms with van der Waals surface area (Å²) in [6, 6.07) is 7.81. The van der Waals surface area contributed by atoms with E-state index in [2.05, 4.69) is 13.8 Å². The number of hydrogen-bond acceptors (Lipinski definition) is 2. The van der Waals surface area contributed by atoms with Crippen molar-refractivity contribution < 1.29 is 9.53 Å². The Kier molecular flexibility index (Phi) is 3.50. The van der Waals surface area contributed by atoms with Gasteiger partial charge in [-0.05, 0) is 23.6 Å². The molecular formula is C11H14O2. The lowest BCUT2D eigenvalue weighted by molar-refractivity contribution is -0.109. The fourth-order valence-electron chi connectivity index (χ4n) is 1.08. The summed E-state index contributed by atoms with van der Waals surface area (Å²) in [5, 5.41) is 0. The van der Waals surface area contributed by atoms with Crippen molar-refractivity contribution in [2.24, 2.45) is 0 Å². The van der Waals surface area contributed by atoms with Crippen LogP contribution in [-0.4, -0.2) is 12.9 Å². The van der Waals surface area contributed by atoms with E-state index >= 15 is 0 Å². The van der Waals surface area contributed by atoms with Crippen LogP contribution in [0.3, 0.4) is 0 Å². The number of aldehydes is 1.